The highest BCUT2D eigenvalue weighted by Crippen LogP contribution is 2.38. The summed E-state index contributed by atoms with van der Waals surface area (Å²) in [7, 11) is 0. The van der Waals surface area contributed by atoms with Crippen LogP contribution >= 0.6 is 23.2 Å². The summed E-state index contributed by atoms with van der Waals surface area (Å²) in [5.41, 5.74) is -1.67. The number of halogens is 2. The van der Waals surface area contributed by atoms with Crippen LogP contribution in [0.2, 0.25) is 10.0 Å². The first-order valence-corrected chi connectivity index (χ1v) is 11.5. The van der Waals surface area contributed by atoms with E-state index in [0.717, 1.165) is 4.68 Å². The Bertz CT molecular complexity index is 1460. The van der Waals surface area contributed by atoms with Gasteiger partial charge in [-0.25, -0.2) is 9.59 Å². The van der Waals surface area contributed by atoms with Gasteiger partial charge in [-0.3, -0.25) is 9.78 Å². The lowest BCUT2D eigenvalue weighted by Crippen LogP contribution is -2.33. The Labute approximate surface area is 219 Å². The van der Waals surface area contributed by atoms with Gasteiger partial charge in [0.2, 0.25) is 23.7 Å². The van der Waals surface area contributed by atoms with Gasteiger partial charge < -0.3 is 18.9 Å². The van der Waals surface area contributed by atoms with Gasteiger partial charge in [0.25, 0.3) is 5.56 Å². The summed E-state index contributed by atoms with van der Waals surface area (Å²) >= 11 is 12.7. The standard InChI is InChI=1S/C22H20Cl2N6O7/c1-5-34-22(33)36-11(4)35-20-13(10(2)3)8-17(27-28-20)37-18-14(23)6-12(7-15(18)24)30-21(32)26-19(31)16(9-25)29-30/h6-8,10-11H,5H2,1-4H3,(H,26,31,32). The summed E-state index contributed by atoms with van der Waals surface area (Å²) in [6.07, 6.45) is -1.88. The normalized spacial score (nSPS) is 11.5. The summed E-state index contributed by atoms with van der Waals surface area (Å²) in [5, 5.41) is 20.7. The average molecular weight is 551 g/mol. The molecular weight excluding hydrogens is 531 g/mol. The minimum atomic E-state index is -0.999. The number of nitrogens with zero attached hydrogens (tertiary/aromatic N) is 5. The SMILES string of the molecule is CCOC(=O)OC(C)Oc1nnc(Oc2c(Cl)cc(-n3nc(C#N)c(=O)[nH]c3=O)cc2Cl)cc1C(C)C. The molecule has 0 aliphatic heterocycles. The van der Waals surface area contributed by atoms with Crippen molar-refractivity contribution in [2.75, 3.05) is 6.61 Å². The van der Waals surface area contributed by atoms with Gasteiger partial charge in [-0.15, -0.1) is 15.3 Å². The molecule has 0 radical (unpaired) electrons. The van der Waals surface area contributed by atoms with Crippen molar-refractivity contribution in [3.63, 3.8) is 0 Å². The van der Waals surface area contributed by atoms with Gasteiger partial charge in [0.05, 0.1) is 22.3 Å². The third kappa shape index (κ3) is 6.54. The lowest BCUT2D eigenvalue weighted by Gasteiger charge is -2.18. The van der Waals surface area contributed by atoms with E-state index in [2.05, 4.69) is 15.3 Å². The Morgan fingerprint density at radius 2 is 1.84 bits per heavy atom. The van der Waals surface area contributed by atoms with Gasteiger partial charge in [-0.2, -0.15) is 9.94 Å². The molecule has 15 heteroatoms. The number of aromatic nitrogens is 5. The van der Waals surface area contributed by atoms with Crippen LogP contribution in [-0.2, 0) is 9.47 Å². The molecule has 0 spiro atoms. The van der Waals surface area contributed by atoms with E-state index in [1.807, 2.05) is 18.8 Å². The number of carbonyl (C=O) groups excluding carboxylic acids is 1. The van der Waals surface area contributed by atoms with Crippen molar-refractivity contribution in [2.45, 2.75) is 39.9 Å². The second kappa shape index (κ2) is 11.7. The molecule has 0 saturated carbocycles. The van der Waals surface area contributed by atoms with Crippen LogP contribution in [0.5, 0.6) is 17.5 Å². The van der Waals surface area contributed by atoms with E-state index in [-0.39, 0.29) is 45.8 Å². The minimum Gasteiger partial charge on any atom is -0.436 e. The molecule has 0 saturated heterocycles. The fourth-order valence-corrected chi connectivity index (χ4v) is 3.47. The molecule has 0 aliphatic rings. The molecule has 3 rings (SSSR count). The first-order valence-electron chi connectivity index (χ1n) is 10.7. The molecule has 0 amide bonds. The van der Waals surface area contributed by atoms with Crippen molar-refractivity contribution >= 4 is 29.4 Å². The summed E-state index contributed by atoms with van der Waals surface area (Å²) < 4.78 is 21.8. The van der Waals surface area contributed by atoms with E-state index in [0.29, 0.717) is 5.56 Å². The van der Waals surface area contributed by atoms with Crippen LogP contribution in [0, 0.1) is 11.3 Å². The van der Waals surface area contributed by atoms with E-state index in [1.54, 1.807) is 19.1 Å². The molecule has 1 N–H and O–H groups in total. The number of aromatic amines is 1. The van der Waals surface area contributed by atoms with Gasteiger partial charge in [-0.1, -0.05) is 37.0 Å². The van der Waals surface area contributed by atoms with Crippen molar-refractivity contribution in [3.8, 4) is 29.3 Å². The molecule has 2 heterocycles. The van der Waals surface area contributed by atoms with Gasteiger partial charge in [0, 0.05) is 18.6 Å². The Balaban J connectivity index is 1.89. The molecule has 1 aromatic carbocycles. The largest absolute Gasteiger partial charge is 0.511 e. The lowest BCUT2D eigenvalue weighted by atomic mass is 10.1. The number of carbonyl (C=O) groups is 1. The van der Waals surface area contributed by atoms with E-state index in [9.17, 15) is 14.4 Å². The smallest absolute Gasteiger partial charge is 0.436 e. The molecule has 1 atom stereocenters. The Morgan fingerprint density at radius 1 is 1.16 bits per heavy atom. The van der Waals surface area contributed by atoms with E-state index in [1.165, 1.54) is 19.1 Å². The quantitative estimate of drug-likeness (QED) is 0.320. The van der Waals surface area contributed by atoms with E-state index >= 15 is 0 Å². The molecule has 3 aromatic rings. The average Bonchev–Trinajstić information content (AvgIpc) is 2.82. The zero-order valence-electron chi connectivity index (χ0n) is 19.9. The number of H-pyrrole nitrogens is 1. The monoisotopic (exact) mass is 550 g/mol. The summed E-state index contributed by atoms with van der Waals surface area (Å²) in [5.74, 6) is 0.0476. The fourth-order valence-electron chi connectivity index (χ4n) is 2.92. The third-order valence-corrected chi connectivity index (χ3v) is 5.12. The van der Waals surface area contributed by atoms with Crippen LogP contribution in [0.25, 0.3) is 5.69 Å². The molecule has 37 heavy (non-hydrogen) atoms. The minimum absolute atomic E-state index is 0.00162. The molecule has 0 bridgehead atoms. The van der Waals surface area contributed by atoms with Crippen LogP contribution in [-0.4, -0.2) is 44.0 Å². The zero-order valence-corrected chi connectivity index (χ0v) is 21.5. The molecule has 194 valence electrons. The number of nitriles is 1. The summed E-state index contributed by atoms with van der Waals surface area (Å²) in [4.78, 5) is 37.3. The number of rotatable bonds is 8. The Kier molecular flexibility index (Phi) is 8.69. The Hall–Kier alpha value is -4.15. The number of ether oxygens (including phenoxy) is 4. The van der Waals surface area contributed by atoms with Crippen molar-refractivity contribution < 1.29 is 23.7 Å². The number of nitrogens with one attached hydrogen (secondary N) is 1. The van der Waals surface area contributed by atoms with Crippen molar-refractivity contribution in [1.82, 2.24) is 25.0 Å². The summed E-state index contributed by atoms with van der Waals surface area (Å²) in [6.45, 7) is 7.05. The van der Waals surface area contributed by atoms with Crippen LogP contribution in [0.1, 0.15) is 44.9 Å². The predicted octanol–water partition coefficient (Wildman–Crippen LogP) is 3.70. The molecule has 2 aromatic heterocycles. The maximum Gasteiger partial charge on any atom is 0.511 e. The number of benzene rings is 1. The number of hydrogen-bond donors (Lipinski definition) is 1. The molecular formula is C22H20Cl2N6O7. The van der Waals surface area contributed by atoms with E-state index < -0.39 is 29.4 Å². The fraction of sp³-hybridized carbons (Fsp3) is 0.318. The third-order valence-electron chi connectivity index (χ3n) is 4.56. The topological polar surface area (TPSA) is 171 Å². The van der Waals surface area contributed by atoms with Crippen molar-refractivity contribution in [1.29, 1.82) is 5.26 Å². The van der Waals surface area contributed by atoms with Crippen LogP contribution in [0.3, 0.4) is 0 Å². The van der Waals surface area contributed by atoms with E-state index in [4.69, 9.17) is 47.4 Å². The zero-order chi connectivity index (χ0) is 27.3. The lowest BCUT2D eigenvalue weighted by molar-refractivity contribution is -0.0547. The first kappa shape index (κ1) is 27.4. The highest BCUT2D eigenvalue weighted by Gasteiger charge is 2.20. The Morgan fingerprint density at radius 3 is 2.43 bits per heavy atom. The van der Waals surface area contributed by atoms with Gasteiger partial charge in [0.1, 0.15) is 6.07 Å². The molecule has 0 aliphatic carbocycles. The number of hydrogen-bond acceptors (Lipinski definition) is 11. The predicted molar refractivity (Wildman–Crippen MR) is 130 cm³/mol. The maximum atomic E-state index is 12.2. The molecule has 1 unspecified atom stereocenters. The molecule has 13 nitrogen and oxygen atoms in total. The van der Waals surface area contributed by atoms with Crippen molar-refractivity contribution in [3.05, 3.63) is 60.3 Å². The van der Waals surface area contributed by atoms with Gasteiger partial charge in [0.15, 0.2) is 5.75 Å². The van der Waals surface area contributed by atoms with Crippen molar-refractivity contribution in [2.24, 2.45) is 0 Å². The van der Waals surface area contributed by atoms with Crippen LogP contribution < -0.4 is 20.7 Å². The first-order chi connectivity index (χ1) is 17.5. The summed E-state index contributed by atoms with van der Waals surface area (Å²) in [6, 6.07) is 5.75. The second-order valence-corrected chi connectivity index (χ2v) is 8.37. The highest BCUT2D eigenvalue weighted by molar-refractivity contribution is 6.37. The highest BCUT2D eigenvalue weighted by atomic mass is 35.5. The maximum absolute atomic E-state index is 12.2. The van der Waals surface area contributed by atoms with Crippen LogP contribution in [0.4, 0.5) is 4.79 Å². The van der Waals surface area contributed by atoms with Gasteiger partial charge >= 0.3 is 11.8 Å². The second-order valence-electron chi connectivity index (χ2n) is 7.56. The van der Waals surface area contributed by atoms with Gasteiger partial charge in [-0.05, 0) is 25.0 Å². The van der Waals surface area contributed by atoms with Crippen LogP contribution in [0.15, 0.2) is 27.8 Å². The molecule has 0 fully saturated rings.